The zero-order valence-corrected chi connectivity index (χ0v) is 13.1. The minimum absolute atomic E-state index is 0.192. The molecule has 0 aliphatic carbocycles. The Morgan fingerprint density at radius 1 is 1.53 bits per heavy atom. The SMILES string of the molecule is CC(=O)N1CCC(NCc2cccc(Br)c2)C(C)C1. The number of halogens is 1. The molecule has 0 bridgehead atoms. The number of carbonyl (C=O) groups excluding carboxylic acids is 1. The summed E-state index contributed by atoms with van der Waals surface area (Å²) in [6, 6.07) is 8.87. The van der Waals surface area contributed by atoms with Gasteiger partial charge in [0.05, 0.1) is 0 Å². The van der Waals surface area contributed by atoms with Crippen molar-refractivity contribution in [1.29, 1.82) is 0 Å². The lowest BCUT2D eigenvalue weighted by Crippen LogP contribution is -2.49. The standard InChI is InChI=1S/C15H21BrN2O/c1-11-10-18(12(2)19)7-6-15(11)17-9-13-4-3-5-14(16)8-13/h3-5,8,11,15,17H,6-7,9-10H2,1-2H3. The van der Waals surface area contributed by atoms with E-state index in [1.54, 1.807) is 6.92 Å². The fourth-order valence-corrected chi connectivity index (χ4v) is 3.08. The van der Waals surface area contributed by atoms with Gasteiger partial charge in [-0.2, -0.15) is 0 Å². The summed E-state index contributed by atoms with van der Waals surface area (Å²) in [4.78, 5) is 13.3. The molecule has 1 fully saturated rings. The maximum absolute atomic E-state index is 11.4. The Balaban J connectivity index is 1.85. The smallest absolute Gasteiger partial charge is 0.219 e. The first-order valence-electron chi connectivity index (χ1n) is 6.79. The third-order valence-corrected chi connectivity index (χ3v) is 4.30. The maximum atomic E-state index is 11.4. The van der Waals surface area contributed by atoms with Crippen LogP contribution in [0.4, 0.5) is 0 Å². The van der Waals surface area contributed by atoms with E-state index in [1.165, 1.54) is 5.56 Å². The molecule has 0 saturated carbocycles. The van der Waals surface area contributed by atoms with Crippen molar-refractivity contribution in [3.8, 4) is 0 Å². The topological polar surface area (TPSA) is 32.3 Å². The fraction of sp³-hybridized carbons (Fsp3) is 0.533. The number of carbonyl (C=O) groups is 1. The normalized spacial score (nSPS) is 23.4. The Morgan fingerprint density at radius 2 is 2.32 bits per heavy atom. The van der Waals surface area contributed by atoms with Gasteiger partial charge in [-0.3, -0.25) is 4.79 Å². The van der Waals surface area contributed by atoms with Crippen LogP contribution in [0.1, 0.15) is 25.8 Å². The number of nitrogens with one attached hydrogen (secondary N) is 1. The highest BCUT2D eigenvalue weighted by atomic mass is 79.9. The van der Waals surface area contributed by atoms with Crippen molar-refractivity contribution < 1.29 is 4.79 Å². The molecule has 4 heteroatoms. The quantitative estimate of drug-likeness (QED) is 0.927. The molecule has 1 amide bonds. The average Bonchev–Trinajstić information content (AvgIpc) is 2.37. The van der Waals surface area contributed by atoms with Crippen LogP contribution >= 0.6 is 15.9 Å². The summed E-state index contributed by atoms with van der Waals surface area (Å²) in [6.07, 6.45) is 1.04. The molecule has 1 aliphatic heterocycles. The second-order valence-corrected chi connectivity index (χ2v) is 6.26. The van der Waals surface area contributed by atoms with Crippen LogP contribution in [0.15, 0.2) is 28.7 Å². The molecule has 2 unspecified atom stereocenters. The third kappa shape index (κ3) is 4.05. The Bertz CT molecular complexity index is 450. The Hall–Kier alpha value is -0.870. The van der Waals surface area contributed by atoms with Crippen LogP contribution in [-0.4, -0.2) is 29.9 Å². The Labute approximate surface area is 123 Å². The van der Waals surface area contributed by atoms with Crippen molar-refractivity contribution in [3.05, 3.63) is 34.3 Å². The van der Waals surface area contributed by atoms with Gasteiger partial charge in [0, 0.05) is 37.1 Å². The Morgan fingerprint density at radius 3 is 2.95 bits per heavy atom. The van der Waals surface area contributed by atoms with Gasteiger partial charge in [-0.15, -0.1) is 0 Å². The molecule has 19 heavy (non-hydrogen) atoms. The number of hydrogen-bond donors (Lipinski definition) is 1. The van der Waals surface area contributed by atoms with E-state index in [0.29, 0.717) is 12.0 Å². The number of likely N-dealkylation sites (tertiary alicyclic amines) is 1. The molecule has 0 spiro atoms. The molecule has 1 aromatic rings. The first-order valence-corrected chi connectivity index (χ1v) is 7.59. The molecule has 1 aliphatic rings. The maximum Gasteiger partial charge on any atom is 0.219 e. The van der Waals surface area contributed by atoms with E-state index in [0.717, 1.165) is 30.5 Å². The molecule has 0 aromatic heterocycles. The largest absolute Gasteiger partial charge is 0.343 e. The number of benzene rings is 1. The molecule has 2 rings (SSSR count). The number of piperidine rings is 1. The van der Waals surface area contributed by atoms with Gasteiger partial charge >= 0.3 is 0 Å². The van der Waals surface area contributed by atoms with Crippen molar-refractivity contribution in [3.63, 3.8) is 0 Å². The highest BCUT2D eigenvalue weighted by Gasteiger charge is 2.26. The predicted molar refractivity (Wildman–Crippen MR) is 80.8 cm³/mol. The summed E-state index contributed by atoms with van der Waals surface area (Å²) < 4.78 is 1.12. The van der Waals surface area contributed by atoms with Crippen LogP contribution in [0, 0.1) is 5.92 Å². The van der Waals surface area contributed by atoms with E-state index >= 15 is 0 Å². The highest BCUT2D eigenvalue weighted by molar-refractivity contribution is 9.10. The first kappa shape index (κ1) is 14.5. The van der Waals surface area contributed by atoms with E-state index in [4.69, 9.17) is 0 Å². The minimum atomic E-state index is 0.192. The van der Waals surface area contributed by atoms with Gasteiger partial charge < -0.3 is 10.2 Å². The van der Waals surface area contributed by atoms with Gasteiger partial charge in [0.15, 0.2) is 0 Å². The summed E-state index contributed by atoms with van der Waals surface area (Å²) in [7, 11) is 0. The van der Waals surface area contributed by atoms with E-state index in [1.807, 2.05) is 11.0 Å². The molecule has 1 heterocycles. The predicted octanol–water partition coefficient (Wildman–Crippen LogP) is 2.80. The lowest BCUT2D eigenvalue weighted by Gasteiger charge is -2.37. The third-order valence-electron chi connectivity index (χ3n) is 3.81. The summed E-state index contributed by atoms with van der Waals surface area (Å²) in [5.41, 5.74) is 1.29. The van der Waals surface area contributed by atoms with Gasteiger partial charge in [-0.05, 0) is 30.0 Å². The number of hydrogen-bond acceptors (Lipinski definition) is 2. The van der Waals surface area contributed by atoms with E-state index < -0.39 is 0 Å². The molecular formula is C15H21BrN2O. The van der Waals surface area contributed by atoms with Gasteiger partial charge in [-0.25, -0.2) is 0 Å². The van der Waals surface area contributed by atoms with E-state index in [2.05, 4.69) is 46.4 Å². The molecule has 2 atom stereocenters. The number of amides is 1. The van der Waals surface area contributed by atoms with Crippen LogP contribution < -0.4 is 5.32 Å². The van der Waals surface area contributed by atoms with Crippen LogP contribution in [0.3, 0.4) is 0 Å². The molecule has 1 aromatic carbocycles. The monoisotopic (exact) mass is 324 g/mol. The van der Waals surface area contributed by atoms with Crippen LogP contribution in [0.2, 0.25) is 0 Å². The van der Waals surface area contributed by atoms with Crippen LogP contribution in [-0.2, 0) is 11.3 Å². The van der Waals surface area contributed by atoms with Crippen molar-refractivity contribution in [2.75, 3.05) is 13.1 Å². The van der Waals surface area contributed by atoms with Crippen molar-refractivity contribution in [2.24, 2.45) is 5.92 Å². The van der Waals surface area contributed by atoms with Crippen LogP contribution in [0.25, 0.3) is 0 Å². The van der Waals surface area contributed by atoms with Crippen LogP contribution in [0.5, 0.6) is 0 Å². The van der Waals surface area contributed by atoms with Crippen molar-refractivity contribution >= 4 is 21.8 Å². The van der Waals surface area contributed by atoms with Gasteiger partial charge in [-0.1, -0.05) is 35.0 Å². The lowest BCUT2D eigenvalue weighted by atomic mass is 9.93. The zero-order chi connectivity index (χ0) is 13.8. The molecule has 1 saturated heterocycles. The molecular weight excluding hydrogens is 304 g/mol. The summed E-state index contributed by atoms with van der Waals surface area (Å²) in [5, 5.41) is 3.62. The zero-order valence-electron chi connectivity index (χ0n) is 11.5. The Kier molecular flexibility index (Phi) is 4.99. The van der Waals surface area contributed by atoms with Gasteiger partial charge in [0.1, 0.15) is 0 Å². The van der Waals surface area contributed by atoms with Gasteiger partial charge in [0.25, 0.3) is 0 Å². The molecule has 104 valence electrons. The first-order chi connectivity index (χ1) is 9.06. The van der Waals surface area contributed by atoms with Crippen molar-refractivity contribution in [2.45, 2.75) is 32.9 Å². The molecule has 0 radical (unpaired) electrons. The highest BCUT2D eigenvalue weighted by Crippen LogP contribution is 2.18. The number of rotatable bonds is 3. The fourth-order valence-electron chi connectivity index (χ4n) is 2.63. The summed E-state index contributed by atoms with van der Waals surface area (Å²) >= 11 is 3.49. The van der Waals surface area contributed by atoms with Gasteiger partial charge in [0.2, 0.25) is 5.91 Å². The van der Waals surface area contributed by atoms with Crippen molar-refractivity contribution in [1.82, 2.24) is 10.2 Å². The second-order valence-electron chi connectivity index (χ2n) is 5.35. The summed E-state index contributed by atoms with van der Waals surface area (Å²) in [5.74, 6) is 0.696. The molecule has 3 nitrogen and oxygen atoms in total. The number of nitrogens with zero attached hydrogens (tertiary/aromatic N) is 1. The average molecular weight is 325 g/mol. The summed E-state index contributed by atoms with van der Waals surface area (Å²) in [6.45, 7) is 6.49. The lowest BCUT2D eigenvalue weighted by molar-refractivity contribution is -0.130. The minimum Gasteiger partial charge on any atom is -0.343 e. The van der Waals surface area contributed by atoms with E-state index in [-0.39, 0.29) is 5.91 Å². The van der Waals surface area contributed by atoms with E-state index in [9.17, 15) is 4.79 Å². The molecule has 1 N–H and O–H groups in total. The second kappa shape index (κ2) is 6.53.